The molecule has 9 nitrogen and oxygen atoms in total. The van der Waals surface area contributed by atoms with Gasteiger partial charge in [0, 0.05) is 22.9 Å². The van der Waals surface area contributed by atoms with Gasteiger partial charge in [0.1, 0.15) is 5.70 Å². The van der Waals surface area contributed by atoms with Crippen molar-refractivity contribution in [3.8, 4) is 0 Å². The molecule has 6 N–H and O–H groups in total. The molecule has 2 rings (SSSR count). The van der Waals surface area contributed by atoms with Crippen molar-refractivity contribution in [2.24, 2.45) is 11.5 Å². The van der Waals surface area contributed by atoms with Crippen LogP contribution in [0.1, 0.15) is 20.7 Å². The minimum atomic E-state index is -0.777. The Kier molecular flexibility index (Phi) is 4.42. The quantitative estimate of drug-likeness (QED) is 0.470. The molecule has 0 aromatic heterocycles. The Morgan fingerprint density at radius 3 is 2.13 bits per heavy atom. The highest BCUT2D eigenvalue weighted by Gasteiger charge is 2.30. The van der Waals surface area contributed by atoms with Gasteiger partial charge in [0.05, 0.1) is 13.2 Å². The fourth-order valence-corrected chi connectivity index (χ4v) is 2.05. The highest BCUT2D eigenvalue weighted by atomic mass is 16.3. The second kappa shape index (κ2) is 6.28. The topological polar surface area (TPSA) is 156 Å². The molecule has 0 fully saturated rings. The Hall–Kier alpha value is -3.20. The van der Waals surface area contributed by atoms with E-state index < -0.39 is 23.6 Å². The minimum absolute atomic E-state index is 0.0217. The van der Waals surface area contributed by atoms with Gasteiger partial charge in [-0.05, 0) is 18.2 Å². The maximum absolute atomic E-state index is 12.0. The number of hydrogen-bond donors (Lipinski definition) is 4. The Morgan fingerprint density at radius 1 is 1.09 bits per heavy atom. The zero-order valence-electron chi connectivity index (χ0n) is 11.9. The maximum atomic E-state index is 12.0. The lowest BCUT2D eigenvalue weighted by molar-refractivity contribution is -0.137. The molecule has 0 spiro atoms. The molecule has 1 heterocycles. The SMILES string of the molecule is NC(=O)c1cc(NC2=CC(=O)N(CCO)C2=O)cc(C(N)=O)c1. The van der Waals surface area contributed by atoms with Crippen molar-refractivity contribution in [3.63, 3.8) is 0 Å². The van der Waals surface area contributed by atoms with E-state index in [1.807, 2.05) is 0 Å². The number of nitrogens with two attached hydrogens (primary N) is 2. The standard InChI is InChI=1S/C14H14N4O5/c15-12(21)7-3-8(13(16)22)5-9(4-7)17-10-6-11(20)18(1-2-19)14(10)23/h3-6,17,19H,1-2H2,(H2,15,21)(H2,16,22). The monoisotopic (exact) mass is 318 g/mol. The number of rotatable bonds is 6. The Labute approximate surface area is 130 Å². The molecule has 1 aromatic carbocycles. The van der Waals surface area contributed by atoms with E-state index in [1.165, 1.54) is 18.2 Å². The van der Waals surface area contributed by atoms with Crippen molar-refractivity contribution in [1.29, 1.82) is 0 Å². The van der Waals surface area contributed by atoms with Crippen LogP contribution >= 0.6 is 0 Å². The molecular formula is C14H14N4O5. The third-order valence-corrected chi connectivity index (χ3v) is 3.11. The summed E-state index contributed by atoms with van der Waals surface area (Å²) in [6.07, 6.45) is 1.05. The average molecular weight is 318 g/mol. The summed E-state index contributed by atoms with van der Waals surface area (Å²) in [6, 6.07) is 3.87. The first kappa shape index (κ1) is 16.2. The lowest BCUT2D eigenvalue weighted by Gasteiger charge is -2.14. The molecular weight excluding hydrogens is 304 g/mol. The largest absolute Gasteiger partial charge is 0.395 e. The van der Waals surface area contributed by atoms with Crippen LogP contribution in [0.5, 0.6) is 0 Å². The number of anilines is 1. The number of primary amides is 2. The number of carbonyl (C=O) groups excluding carboxylic acids is 4. The summed E-state index contributed by atoms with van der Waals surface area (Å²) in [4.78, 5) is 47.1. The van der Waals surface area contributed by atoms with Crippen molar-refractivity contribution in [3.05, 3.63) is 41.1 Å². The number of imide groups is 1. The highest BCUT2D eigenvalue weighted by Crippen LogP contribution is 2.20. The average Bonchev–Trinajstić information content (AvgIpc) is 2.75. The molecule has 1 aromatic rings. The first-order valence-electron chi connectivity index (χ1n) is 6.53. The van der Waals surface area contributed by atoms with Gasteiger partial charge in [-0.15, -0.1) is 0 Å². The summed E-state index contributed by atoms with van der Waals surface area (Å²) in [5, 5.41) is 11.5. The molecule has 0 radical (unpaired) electrons. The third kappa shape index (κ3) is 3.35. The van der Waals surface area contributed by atoms with Gasteiger partial charge in [0.2, 0.25) is 11.8 Å². The van der Waals surface area contributed by atoms with Crippen LogP contribution in [-0.2, 0) is 9.59 Å². The molecule has 23 heavy (non-hydrogen) atoms. The molecule has 0 unspecified atom stereocenters. The van der Waals surface area contributed by atoms with Crippen molar-refractivity contribution < 1.29 is 24.3 Å². The number of β-amino-alcohol motifs (C(OH)–C–C–N with tert-alkyl or cyclic N) is 1. The number of aliphatic hydroxyl groups excluding tert-OH is 1. The summed E-state index contributed by atoms with van der Waals surface area (Å²) in [5.74, 6) is -2.76. The van der Waals surface area contributed by atoms with Crippen LogP contribution in [0.2, 0.25) is 0 Å². The summed E-state index contributed by atoms with van der Waals surface area (Å²) in [5.41, 5.74) is 10.6. The number of nitrogens with zero attached hydrogens (tertiary/aromatic N) is 1. The molecule has 0 bridgehead atoms. The zero-order chi connectivity index (χ0) is 17.1. The van der Waals surface area contributed by atoms with E-state index in [9.17, 15) is 19.2 Å². The molecule has 9 heteroatoms. The van der Waals surface area contributed by atoms with Crippen LogP contribution in [0.4, 0.5) is 5.69 Å². The predicted octanol–water partition coefficient (Wildman–Crippen LogP) is -1.46. The Balaban J connectivity index is 2.32. The smallest absolute Gasteiger partial charge is 0.277 e. The Bertz CT molecular complexity index is 708. The fraction of sp³-hybridized carbons (Fsp3) is 0.143. The predicted molar refractivity (Wildman–Crippen MR) is 79.0 cm³/mol. The molecule has 4 amide bonds. The molecule has 0 saturated heterocycles. The molecule has 0 saturated carbocycles. The van der Waals surface area contributed by atoms with E-state index in [0.29, 0.717) is 0 Å². The fourth-order valence-electron chi connectivity index (χ4n) is 2.05. The summed E-state index contributed by atoms with van der Waals surface area (Å²) in [7, 11) is 0. The molecule has 1 aliphatic rings. The van der Waals surface area contributed by atoms with Crippen molar-refractivity contribution in [1.82, 2.24) is 4.90 Å². The van der Waals surface area contributed by atoms with Crippen LogP contribution < -0.4 is 16.8 Å². The van der Waals surface area contributed by atoms with Gasteiger partial charge in [-0.25, -0.2) is 0 Å². The molecule has 120 valence electrons. The summed E-state index contributed by atoms with van der Waals surface area (Å²) in [6.45, 7) is -0.491. The number of hydrogen-bond acceptors (Lipinski definition) is 6. The Morgan fingerprint density at radius 2 is 1.65 bits per heavy atom. The van der Waals surface area contributed by atoms with Crippen molar-refractivity contribution in [2.75, 3.05) is 18.5 Å². The number of nitrogens with one attached hydrogen (secondary N) is 1. The van der Waals surface area contributed by atoms with Gasteiger partial charge in [-0.3, -0.25) is 24.1 Å². The number of aliphatic hydroxyl groups is 1. The van der Waals surface area contributed by atoms with E-state index in [-0.39, 0.29) is 35.7 Å². The van der Waals surface area contributed by atoms with E-state index >= 15 is 0 Å². The van der Waals surface area contributed by atoms with Gasteiger partial charge in [-0.1, -0.05) is 0 Å². The van der Waals surface area contributed by atoms with E-state index in [2.05, 4.69) is 5.32 Å². The van der Waals surface area contributed by atoms with Gasteiger partial charge in [0.15, 0.2) is 0 Å². The van der Waals surface area contributed by atoms with E-state index in [4.69, 9.17) is 16.6 Å². The second-order valence-corrected chi connectivity index (χ2v) is 4.73. The van der Waals surface area contributed by atoms with Crippen LogP contribution in [0, 0.1) is 0 Å². The lowest BCUT2D eigenvalue weighted by atomic mass is 10.1. The van der Waals surface area contributed by atoms with Gasteiger partial charge < -0.3 is 21.9 Å². The van der Waals surface area contributed by atoms with Gasteiger partial charge in [0.25, 0.3) is 11.8 Å². The van der Waals surface area contributed by atoms with Crippen LogP contribution in [0.3, 0.4) is 0 Å². The maximum Gasteiger partial charge on any atom is 0.277 e. The number of benzene rings is 1. The first-order chi connectivity index (χ1) is 10.8. The first-order valence-corrected chi connectivity index (χ1v) is 6.53. The highest BCUT2D eigenvalue weighted by molar-refractivity contribution is 6.17. The van der Waals surface area contributed by atoms with Crippen molar-refractivity contribution >= 4 is 29.3 Å². The molecule has 1 aliphatic heterocycles. The molecule has 0 aliphatic carbocycles. The summed E-state index contributed by atoms with van der Waals surface area (Å²) < 4.78 is 0. The summed E-state index contributed by atoms with van der Waals surface area (Å²) >= 11 is 0. The van der Waals surface area contributed by atoms with Gasteiger partial charge >= 0.3 is 0 Å². The van der Waals surface area contributed by atoms with Crippen molar-refractivity contribution in [2.45, 2.75) is 0 Å². The normalized spacial score (nSPS) is 14.0. The number of amides is 4. The van der Waals surface area contributed by atoms with Gasteiger partial charge in [-0.2, -0.15) is 0 Å². The molecule has 0 atom stereocenters. The minimum Gasteiger partial charge on any atom is -0.395 e. The lowest BCUT2D eigenvalue weighted by Crippen LogP contribution is -2.34. The third-order valence-electron chi connectivity index (χ3n) is 3.11. The number of carbonyl (C=O) groups is 4. The van der Waals surface area contributed by atoms with Crippen LogP contribution in [-0.4, -0.2) is 46.8 Å². The van der Waals surface area contributed by atoms with E-state index in [1.54, 1.807) is 0 Å². The second-order valence-electron chi connectivity index (χ2n) is 4.73. The van der Waals surface area contributed by atoms with Crippen LogP contribution in [0.25, 0.3) is 0 Å². The van der Waals surface area contributed by atoms with Crippen LogP contribution in [0.15, 0.2) is 30.0 Å². The zero-order valence-corrected chi connectivity index (χ0v) is 11.9. The van der Waals surface area contributed by atoms with E-state index in [0.717, 1.165) is 11.0 Å².